The zero-order valence-electron chi connectivity index (χ0n) is 10.6. The van der Waals surface area contributed by atoms with Gasteiger partial charge in [-0.05, 0) is 32.1 Å². The third-order valence-corrected chi connectivity index (χ3v) is 2.93. The Balaban J connectivity index is 1.93. The number of amides is 1. The van der Waals surface area contributed by atoms with Crippen LogP contribution in [0.3, 0.4) is 0 Å². The molecule has 1 aliphatic rings. The Morgan fingerprint density at radius 1 is 1.44 bits per heavy atom. The first-order valence-electron chi connectivity index (χ1n) is 6.59. The molecule has 0 radical (unpaired) electrons. The van der Waals surface area contributed by atoms with Crippen molar-refractivity contribution < 1.29 is 9.53 Å². The summed E-state index contributed by atoms with van der Waals surface area (Å²) in [5, 5.41) is 2.97. The number of rotatable bonds is 9. The van der Waals surface area contributed by atoms with E-state index in [1.54, 1.807) is 0 Å². The van der Waals surface area contributed by atoms with Crippen molar-refractivity contribution in [1.29, 1.82) is 0 Å². The van der Waals surface area contributed by atoms with Crippen LogP contribution in [-0.2, 0) is 9.53 Å². The van der Waals surface area contributed by atoms with E-state index in [4.69, 9.17) is 4.74 Å². The minimum Gasteiger partial charge on any atom is -0.371 e. The molecule has 1 N–H and O–H groups in total. The third-order valence-electron chi connectivity index (χ3n) is 2.93. The van der Waals surface area contributed by atoms with Gasteiger partial charge >= 0.3 is 0 Å². The number of hydrogen-bond acceptors (Lipinski definition) is 2. The van der Waals surface area contributed by atoms with Crippen LogP contribution in [0.2, 0.25) is 0 Å². The lowest BCUT2D eigenvalue weighted by Gasteiger charge is -2.13. The average Bonchev–Trinajstić information content (AvgIpc) is 3.02. The predicted octanol–water partition coefficient (Wildman–Crippen LogP) is 2.50. The van der Waals surface area contributed by atoms with Gasteiger partial charge in [-0.1, -0.05) is 26.2 Å². The molecule has 1 aliphatic carbocycles. The van der Waals surface area contributed by atoms with Crippen LogP contribution in [0.25, 0.3) is 0 Å². The van der Waals surface area contributed by atoms with Crippen LogP contribution >= 0.6 is 0 Å². The Hall–Kier alpha value is -0.570. The zero-order valence-corrected chi connectivity index (χ0v) is 10.6. The highest BCUT2D eigenvalue weighted by Gasteiger charge is 2.21. The molecule has 0 aromatic heterocycles. The molecule has 16 heavy (non-hydrogen) atoms. The van der Waals surface area contributed by atoms with E-state index >= 15 is 0 Å². The van der Waals surface area contributed by atoms with Crippen LogP contribution in [0.5, 0.6) is 0 Å². The molecule has 0 aromatic rings. The summed E-state index contributed by atoms with van der Waals surface area (Å²) < 4.78 is 5.33. The Morgan fingerprint density at radius 3 is 2.81 bits per heavy atom. The molecule has 0 heterocycles. The second kappa shape index (κ2) is 7.66. The van der Waals surface area contributed by atoms with Gasteiger partial charge < -0.3 is 10.1 Å². The monoisotopic (exact) mass is 227 g/mol. The van der Waals surface area contributed by atoms with Gasteiger partial charge in [0.25, 0.3) is 0 Å². The first-order chi connectivity index (χ1) is 7.72. The van der Waals surface area contributed by atoms with E-state index in [-0.39, 0.29) is 18.6 Å². The Morgan fingerprint density at radius 2 is 2.19 bits per heavy atom. The van der Waals surface area contributed by atoms with Crippen LogP contribution in [0.4, 0.5) is 0 Å². The van der Waals surface area contributed by atoms with Gasteiger partial charge in [0.2, 0.25) is 5.91 Å². The molecule has 94 valence electrons. The number of hydrogen-bond donors (Lipinski definition) is 1. The summed E-state index contributed by atoms with van der Waals surface area (Å²) in [6, 6.07) is 0.281. The van der Waals surface area contributed by atoms with E-state index in [1.165, 1.54) is 32.1 Å². The van der Waals surface area contributed by atoms with Gasteiger partial charge in [-0.2, -0.15) is 0 Å². The van der Waals surface area contributed by atoms with E-state index in [1.807, 2.05) is 0 Å². The SMILES string of the molecule is CCCCCC(C)NC(=O)COCC1CC1. The minimum absolute atomic E-state index is 0.0321. The van der Waals surface area contributed by atoms with Gasteiger partial charge in [-0.15, -0.1) is 0 Å². The maximum Gasteiger partial charge on any atom is 0.246 e. The van der Waals surface area contributed by atoms with Gasteiger partial charge in [-0.25, -0.2) is 0 Å². The topological polar surface area (TPSA) is 38.3 Å². The second-order valence-corrected chi connectivity index (χ2v) is 4.92. The van der Waals surface area contributed by atoms with Gasteiger partial charge in [0.1, 0.15) is 6.61 Å². The summed E-state index contributed by atoms with van der Waals surface area (Å²) >= 11 is 0. The lowest BCUT2D eigenvalue weighted by molar-refractivity contribution is -0.126. The second-order valence-electron chi connectivity index (χ2n) is 4.92. The summed E-state index contributed by atoms with van der Waals surface area (Å²) in [4.78, 5) is 11.5. The Labute approximate surface area is 98.9 Å². The number of nitrogens with one attached hydrogen (secondary N) is 1. The van der Waals surface area contributed by atoms with Crippen LogP contribution in [0.1, 0.15) is 52.4 Å². The third kappa shape index (κ3) is 6.83. The fourth-order valence-electron chi connectivity index (χ4n) is 1.69. The van der Waals surface area contributed by atoms with Crippen LogP contribution in [0, 0.1) is 5.92 Å². The molecule has 1 atom stereocenters. The molecule has 1 rings (SSSR count). The summed E-state index contributed by atoms with van der Waals surface area (Å²) in [5.41, 5.74) is 0. The molecule has 0 saturated heterocycles. The molecule has 1 fully saturated rings. The van der Waals surface area contributed by atoms with Crippen molar-refractivity contribution in [2.45, 2.75) is 58.4 Å². The summed E-state index contributed by atoms with van der Waals surface area (Å²) in [6.45, 7) is 5.25. The standard InChI is InChI=1S/C13H25NO2/c1-3-4-5-6-11(2)14-13(15)10-16-9-12-7-8-12/h11-12H,3-10H2,1-2H3,(H,14,15). The molecular weight excluding hydrogens is 202 g/mol. The highest BCUT2D eigenvalue weighted by atomic mass is 16.5. The van der Waals surface area contributed by atoms with E-state index in [9.17, 15) is 4.79 Å². The molecule has 1 unspecified atom stereocenters. The van der Waals surface area contributed by atoms with E-state index in [2.05, 4.69) is 19.2 Å². The van der Waals surface area contributed by atoms with Crippen LogP contribution in [-0.4, -0.2) is 25.2 Å². The summed E-state index contributed by atoms with van der Waals surface area (Å²) in [6.07, 6.45) is 7.29. The largest absolute Gasteiger partial charge is 0.371 e. The molecule has 1 saturated carbocycles. The normalized spacial score (nSPS) is 17.1. The smallest absolute Gasteiger partial charge is 0.246 e. The first-order valence-corrected chi connectivity index (χ1v) is 6.59. The highest BCUT2D eigenvalue weighted by Crippen LogP contribution is 2.28. The van der Waals surface area contributed by atoms with Crippen molar-refractivity contribution in [1.82, 2.24) is 5.32 Å². The van der Waals surface area contributed by atoms with Gasteiger partial charge in [0, 0.05) is 6.04 Å². The molecule has 1 amide bonds. The number of carbonyl (C=O) groups excluding carboxylic acids is 1. The van der Waals surface area contributed by atoms with Crippen LogP contribution in [0.15, 0.2) is 0 Å². The van der Waals surface area contributed by atoms with E-state index < -0.39 is 0 Å². The van der Waals surface area contributed by atoms with Gasteiger partial charge in [0.15, 0.2) is 0 Å². The van der Waals surface area contributed by atoms with Crippen LogP contribution < -0.4 is 5.32 Å². The highest BCUT2D eigenvalue weighted by molar-refractivity contribution is 5.77. The quantitative estimate of drug-likeness (QED) is 0.615. The Kier molecular flexibility index (Phi) is 6.46. The fourth-order valence-corrected chi connectivity index (χ4v) is 1.69. The Bertz CT molecular complexity index is 202. The van der Waals surface area contributed by atoms with E-state index in [0.29, 0.717) is 0 Å². The van der Waals surface area contributed by atoms with E-state index in [0.717, 1.165) is 18.9 Å². The molecular formula is C13H25NO2. The van der Waals surface area contributed by atoms with Gasteiger partial charge in [-0.3, -0.25) is 4.79 Å². The number of ether oxygens (including phenoxy) is 1. The summed E-state index contributed by atoms with van der Waals surface area (Å²) in [7, 11) is 0. The first kappa shape index (κ1) is 13.5. The average molecular weight is 227 g/mol. The van der Waals surface area contributed by atoms with Crippen molar-refractivity contribution in [2.75, 3.05) is 13.2 Å². The molecule has 3 nitrogen and oxygen atoms in total. The molecule has 0 aliphatic heterocycles. The molecule has 0 spiro atoms. The number of carbonyl (C=O) groups is 1. The molecule has 3 heteroatoms. The molecule has 0 bridgehead atoms. The van der Waals surface area contributed by atoms with Crippen molar-refractivity contribution in [3.8, 4) is 0 Å². The van der Waals surface area contributed by atoms with Crippen molar-refractivity contribution in [3.05, 3.63) is 0 Å². The summed E-state index contributed by atoms with van der Waals surface area (Å²) in [5.74, 6) is 0.763. The predicted molar refractivity (Wildman–Crippen MR) is 65.3 cm³/mol. The lowest BCUT2D eigenvalue weighted by atomic mass is 10.1. The fraction of sp³-hybridized carbons (Fsp3) is 0.923. The van der Waals surface area contributed by atoms with Gasteiger partial charge in [0.05, 0.1) is 6.61 Å². The zero-order chi connectivity index (χ0) is 11.8. The maximum absolute atomic E-state index is 11.5. The number of unbranched alkanes of at least 4 members (excludes halogenated alkanes) is 2. The van der Waals surface area contributed by atoms with Crippen molar-refractivity contribution >= 4 is 5.91 Å². The maximum atomic E-state index is 11.5. The van der Waals surface area contributed by atoms with Crippen molar-refractivity contribution in [3.63, 3.8) is 0 Å². The minimum atomic E-state index is 0.0321. The van der Waals surface area contributed by atoms with Crippen molar-refractivity contribution in [2.24, 2.45) is 5.92 Å². The molecule has 0 aromatic carbocycles. The lowest BCUT2D eigenvalue weighted by Crippen LogP contribution is -2.35.